The topological polar surface area (TPSA) is 0 Å². The average molecular weight is 368 g/mol. The van der Waals surface area contributed by atoms with Crippen LogP contribution in [0, 0.1) is 0 Å². The summed E-state index contributed by atoms with van der Waals surface area (Å²) in [7, 11) is 0. The first-order chi connectivity index (χ1) is 8.46. The summed E-state index contributed by atoms with van der Waals surface area (Å²) in [6, 6.07) is 21.0. The monoisotopic (exact) mass is 366 g/mol. The quantitative estimate of drug-likeness (QED) is 0.618. The maximum absolute atomic E-state index is 3.90. The Morgan fingerprint density at radius 1 is 0.611 bits per heavy atom. The Bertz CT molecular complexity index is 452. The third kappa shape index (κ3) is 2.41. The molecule has 0 fully saturated rings. The molecule has 0 heterocycles. The van der Waals surface area contributed by atoms with Gasteiger partial charge in [0.05, 0.1) is 8.65 Å². The molecule has 0 saturated heterocycles. The molecule has 0 aliphatic carbocycles. The molecule has 2 heteroatoms. The van der Waals surface area contributed by atoms with E-state index in [0.717, 1.165) is 0 Å². The molecule has 0 spiro atoms. The Morgan fingerprint density at radius 2 is 0.889 bits per heavy atom. The first-order valence-electron chi connectivity index (χ1n) is 5.95. The van der Waals surface area contributed by atoms with E-state index < -0.39 is 0 Å². The molecule has 0 aromatic heterocycles. The molecule has 2 rings (SSSR count). The van der Waals surface area contributed by atoms with Crippen molar-refractivity contribution < 1.29 is 0 Å². The molecular formula is C16H16Br2. The number of benzene rings is 2. The first-order valence-corrected chi connectivity index (χ1v) is 7.54. The van der Waals surface area contributed by atoms with Crippen LogP contribution >= 0.6 is 31.9 Å². The van der Waals surface area contributed by atoms with Gasteiger partial charge in [-0.05, 0) is 25.0 Å². The summed E-state index contributed by atoms with van der Waals surface area (Å²) in [6.07, 6.45) is 0. The van der Waals surface area contributed by atoms with Crippen LogP contribution in [-0.2, 0) is 8.65 Å². The SMILES string of the molecule is CC(Br)(c1ccccc1)C(C)(Br)c1ccccc1. The highest BCUT2D eigenvalue weighted by Crippen LogP contribution is 2.52. The van der Waals surface area contributed by atoms with Crippen molar-refractivity contribution in [3.05, 3.63) is 71.8 Å². The van der Waals surface area contributed by atoms with E-state index in [1.807, 2.05) is 12.1 Å². The molecule has 2 unspecified atom stereocenters. The van der Waals surface area contributed by atoms with E-state index in [-0.39, 0.29) is 8.65 Å². The van der Waals surface area contributed by atoms with Gasteiger partial charge in [0, 0.05) is 0 Å². The number of rotatable bonds is 3. The van der Waals surface area contributed by atoms with Crippen molar-refractivity contribution in [3.8, 4) is 0 Å². The highest BCUT2D eigenvalue weighted by Gasteiger charge is 2.43. The van der Waals surface area contributed by atoms with E-state index in [4.69, 9.17) is 0 Å². The van der Waals surface area contributed by atoms with Gasteiger partial charge >= 0.3 is 0 Å². The largest absolute Gasteiger partial charge is 0.0785 e. The fourth-order valence-corrected chi connectivity index (χ4v) is 3.03. The standard InChI is InChI=1S/C16H16Br2/c1-15(17,13-9-5-3-6-10-13)16(2,18)14-11-7-4-8-12-14/h3-12H,1-2H3. The molecule has 18 heavy (non-hydrogen) atoms. The third-order valence-electron chi connectivity index (χ3n) is 3.51. The van der Waals surface area contributed by atoms with Crippen molar-refractivity contribution in [2.24, 2.45) is 0 Å². The van der Waals surface area contributed by atoms with Gasteiger partial charge in [-0.3, -0.25) is 0 Å². The van der Waals surface area contributed by atoms with Crippen molar-refractivity contribution in [2.75, 3.05) is 0 Å². The Morgan fingerprint density at radius 3 is 1.17 bits per heavy atom. The van der Waals surface area contributed by atoms with Gasteiger partial charge in [-0.15, -0.1) is 0 Å². The predicted octanol–water partition coefficient (Wildman–Crippen LogP) is 5.61. The predicted molar refractivity (Wildman–Crippen MR) is 85.4 cm³/mol. The summed E-state index contributed by atoms with van der Waals surface area (Å²) in [5.74, 6) is 0. The van der Waals surface area contributed by atoms with Crippen LogP contribution in [0.5, 0.6) is 0 Å². The van der Waals surface area contributed by atoms with Gasteiger partial charge in [-0.2, -0.15) is 0 Å². The molecule has 2 aromatic carbocycles. The molecule has 0 bridgehead atoms. The Labute approximate surface area is 126 Å². The molecule has 0 N–H and O–H groups in total. The van der Waals surface area contributed by atoms with Crippen LogP contribution in [0.4, 0.5) is 0 Å². The average Bonchev–Trinajstić information content (AvgIpc) is 2.40. The van der Waals surface area contributed by atoms with E-state index in [9.17, 15) is 0 Å². The maximum Gasteiger partial charge on any atom is 0.0668 e. The van der Waals surface area contributed by atoms with E-state index in [1.165, 1.54) is 11.1 Å². The molecule has 0 aliphatic heterocycles. The molecule has 2 atom stereocenters. The van der Waals surface area contributed by atoms with Crippen LogP contribution in [0.25, 0.3) is 0 Å². The number of hydrogen-bond donors (Lipinski definition) is 0. The second-order valence-electron chi connectivity index (χ2n) is 4.74. The highest BCUT2D eigenvalue weighted by atomic mass is 79.9. The minimum absolute atomic E-state index is 0.178. The molecule has 0 saturated carbocycles. The van der Waals surface area contributed by atoms with Crippen LogP contribution in [0.1, 0.15) is 25.0 Å². The van der Waals surface area contributed by atoms with Gasteiger partial charge in [0.2, 0.25) is 0 Å². The zero-order valence-corrected chi connectivity index (χ0v) is 13.7. The lowest BCUT2D eigenvalue weighted by atomic mass is 9.83. The van der Waals surface area contributed by atoms with Crippen molar-refractivity contribution in [3.63, 3.8) is 0 Å². The van der Waals surface area contributed by atoms with E-state index >= 15 is 0 Å². The van der Waals surface area contributed by atoms with Gasteiger partial charge in [-0.25, -0.2) is 0 Å². The third-order valence-corrected chi connectivity index (χ3v) is 6.55. The van der Waals surface area contributed by atoms with Crippen LogP contribution < -0.4 is 0 Å². The molecule has 0 radical (unpaired) electrons. The summed E-state index contributed by atoms with van der Waals surface area (Å²) >= 11 is 7.80. The van der Waals surface area contributed by atoms with Crippen LogP contribution in [0.2, 0.25) is 0 Å². The zero-order chi connectivity index (χ0) is 13.2. The highest BCUT2D eigenvalue weighted by molar-refractivity contribution is 9.12. The van der Waals surface area contributed by atoms with E-state index in [0.29, 0.717) is 0 Å². The van der Waals surface area contributed by atoms with Crippen LogP contribution in [-0.4, -0.2) is 0 Å². The molecule has 94 valence electrons. The minimum Gasteiger partial charge on any atom is -0.0785 e. The van der Waals surface area contributed by atoms with Crippen molar-refractivity contribution in [1.29, 1.82) is 0 Å². The zero-order valence-electron chi connectivity index (χ0n) is 10.5. The first kappa shape index (κ1) is 13.8. The smallest absolute Gasteiger partial charge is 0.0668 e. The summed E-state index contributed by atoms with van der Waals surface area (Å²) < 4.78 is -0.356. The number of halogens is 2. The lowest BCUT2D eigenvalue weighted by Gasteiger charge is -2.39. The lowest BCUT2D eigenvalue weighted by molar-refractivity contribution is 0.540. The second-order valence-corrected chi connectivity index (χ2v) is 7.91. The summed E-state index contributed by atoms with van der Waals surface area (Å²) in [5.41, 5.74) is 2.52. The van der Waals surface area contributed by atoms with Gasteiger partial charge < -0.3 is 0 Å². The van der Waals surface area contributed by atoms with E-state index in [1.54, 1.807) is 0 Å². The van der Waals surface area contributed by atoms with Gasteiger partial charge in [-0.1, -0.05) is 92.5 Å². The Kier molecular flexibility index (Phi) is 3.98. The number of hydrogen-bond acceptors (Lipinski definition) is 0. The normalized spacial score (nSPS) is 17.8. The lowest BCUT2D eigenvalue weighted by Crippen LogP contribution is -2.35. The Balaban J connectivity index is 2.47. The van der Waals surface area contributed by atoms with Crippen molar-refractivity contribution in [2.45, 2.75) is 22.5 Å². The summed E-state index contributed by atoms with van der Waals surface area (Å²) in [6.45, 7) is 4.40. The second kappa shape index (κ2) is 5.18. The van der Waals surface area contributed by atoms with Crippen molar-refractivity contribution in [1.82, 2.24) is 0 Å². The van der Waals surface area contributed by atoms with Gasteiger partial charge in [0.1, 0.15) is 0 Å². The minimum atomic E-state index is -0.178. The molecule has 0 amide bonds. The Hall–Kier alpha value is -0.600. The van der Waals surface area contributed by atoms with E-state index in [2.05, 4.69) is 94.2 Å². The fourth-order valence-electron chi connectivity index (χ4n) is 2.04. The molecule has 0 aliphatic rings. The molecular weight excluding hydrogens is 352 g/mol. The van der Waals surface area contributed by atoms with Gasteiger partial charge in [0.15, 0.2) is 0 Å². The summed E-state index contributed by atoms with van der Waals surface area (Å²) in [4.78, 5) is 0. The summed E-state index contributed by atoms with van der Waals surface area (Å²) in [5, 5.41) is 0. The fraction of sp³-hybridized carbons (Fsp3) is 0.250. The van der Waals surface area contributed by atoms with Crippen molar-refractivity contribution >= 4 is 31.9 Å². The number of alkyl halides is 2. The molecule has 2 aromatic rings. The van der Waals surface area contributed by atoms with Gasteiger partial charge in [0.25, 0.3) is 0 Å². The van der Waals surface area contributed by atoms with Crippen LogP contribution in [0.15, 0.2) is 60.7 Å². The molecule has 0 nitrogen and oxygen atoms in total. The van der Waals surface area contributed by atoms with Crippen LogP contribution in [0.3, 0.4) is 0 Å². The maximum atomic E-state index is 3.90.